The zero-order valence-electron chi connectivity index (χ0n) is 10.8. The van der Waals surface area contributed by atoms with Gasteiger partial charge in [0.05, 0.1) is 5.56 Å². The minimum atomic E-state index is -0.510. The van der Waals surface area contributed by atoms with Crippen molar-refractivity contribution in [2.75, 3.05) is 20.1 Å². The van der Waals surface area contributed by atoms with Gasteiger partial charge in [-0.25, -0.2) is 4.79 Å². The Balaban J connectivity index is 2.45. The maximum Gasteiger partial charge on any atom is 0.331 e. The van der Waals surface area contributed by atoms with E-state index in [1.807, 2.05) is 7.05 Å². The van der Waals surface area contributed by atoms with Gasteiger partial charge in [0.25, 0.3) is 5.56 Å². The molecule has 1 fully saturated rings. The van der Waals surface area contributed by atoms with E-state index in [-0.39, 0.29) is 17.5 Å². The average molecular weight is 253 g/mol. The van der Waals surface area contributed by atoms with Gasteiger partial charge in [-0.05, 0) is 39.4 Å². The number of nitrogens with zero attached hydrogens (tertiary/aromatic N) is 2. The number of hydrogen-bond acceptors (Lipinski definition) is 4. The SMILES string of the molecule is CCc1c(O)n(C2CCN(C)CC2)c(=O)[nH]c1=O. The lowest BCUT2D eigenvalue weighted by Crippen LogP contribution is -2.39. The minimum absolute atomic E-state index is 0.0316. The maximum absolute atomic E-state index is 11.8. The van der Waals surface area contributed by atoms with Crippen LogP contribution < -0.4 is 11.2 Å². The second-order valence-corrected chi connectivity index (χ2v) is 4.82. The lowest BCUT2D eigenvalue weighted by atomic mass is 10.0. The molecule has 0 aromatic carbocycles. The number of aromatic hydroxyl groups is 1. The van der Waals surface area contributed by atoms with Gasteiger partial charge < -0.3 is 10.0 Å². The molecular formula is C12H19N3O3. The predicted molar refractivity (Wildman–Crippen MR) is 68.1 cm³/mol. The Labute approximate surface area is 105 Å². The first kappa shape index (κ1) is 12.9. The van der Waals surface area contributed by atoms with Crippen molar-refractivity contribution in [3.8, 4) is 5.88 Å². The Kier molecular flexibility index (Phi) is 3.56. The van der Waals surface area contributed by atoms with Crippen molar-refractivity contribution >= 4 is 0 Å². The molecule has 0 unspecified atom stereocenters. The lowest BCUT2D eigenvalue weighted by molar-refractivity contribution is 0.206. The van der Waals surface area contributed by atoms with E-state index in [9.17, 15) is 14.7 Å². The summed E-state index contributed by atoms with van der Waals surface area (Å²) < 4.78 is 1.34. The van der Waals surface area contributed by atoms with E-state index in [0.717, 1.165) is 25.9 Å². The first-order chi connectivity index (χ1) is 8.54. The van der Waals surface area contributed by atoms with Crippen molar-refractivity contribution in [3.63, 3.8) is 0 Å². The van der Waals surface area contributed by atoms with Crippen molar-refractivity contribution in [1.29, 1.82) is 0 Å². The van der Waals surface area contributed by atoms with Crippen LogP contribution in [0.5, 0.6) is 5.88 Å². The third-order valence-corrected chi connectivity index (χ3v) is 3.62. The van der Waals surface area contributed by atoms with Crippen molar-refractivity contribution in [2.45, 2.75) is 32.2 Å². The molecule has 2 N–H and O–H groups in total. The predicted octanol–water partition coefficient (Wildman–Crippen LogP) is 0.0713. The molecule has 0 bridgehead atoms. The smallest absolute Gasteiger partial charge is 0.331 e. The largest absolute Gasteiger partial charge is 0.494 e. The van der Waals surface area contributed by atoms with Gasteiger partial charge in [0.15, 0.2) is 0 Å². The summed E-state index contributed by atoms with van der Waals surface area (Å²) in [6, 6.07) is -0.0316. The number of H-pyrrole nitrogens is 1. The molecule has 0 amide bonds. The van der Waals surface area contributed by atoms with Crippen LogP contribution in [0.2, 0.25) is 0 Å². The number of hydrogen-bond donors (Lipinski definition) is 2. The molecule has 18 heavy (non-hydrogen) atoms. The second kappa shape index (κ2) is 4.97. The van der Waals surface area contributed by atoms with E-state index in [1.54, 1.807) is 6.92 Å². The number of aromatic amines is 1. The first-order valence-corrected chi connectivity index (χ1v) is 6.29. The summed E-state index contributed by atoms with van der Waals surface area (Å²) in [5.41, 5.74) is -0.707. The molecular weight excluding hydrogens is 234 g/mol. The summed E-state index contributed by atoms with van der Waals surface area (Å²) in [5, 5.41) is 10.1. The summed E-state index contributed by atoms with van der Waals surface area (Å²) in [4.78, 5) is 27.9. The molecule has 0 spiro atoms. The monoisotopic (exact) mass is 253 g/mol. The van der Waals surface area contributed by atoms with Gasteiger partial charge in [0.2, 0.25) is 5.88 Å². The van der Waals surface area contributed by atoms with Gasteiger partial charge in [-0.3, -0.25) is 14.3 Å². The Bertz CT molecular complexity index is 538. The molecule has 2 rings (SSSR count). The molecule has 1 saturated heterocycles. The maximum atomic E-state index is 11.8. The number of rotatable bonds is 2. The van der Waals surface area contributed by atoms with Crippen LogP contribution in [0.4, 0.5) is 0 Å². The quantitative estimate of drug-likeness (QED) is 0.782. The van der Waals surface area contributed by atoms with Crippen LogP contribution in [-0.2, 0) is 6.42 Å². The van der Waals surface area contributed by atoms with E-state index in [4.69, 9.17) is 0 Å². The number of piperidine rings is 1. The van der Waals surface area contributed by atoms with Crippen molar-refractivity contribution in [1.82, 2.24) is 14.5 Å². The van der Waals surface area contributed by atoms with E-state index in [2.05, 4.69) is 9.88 Å². The molecule has 1 aromatic rings. The number of aromatic nitrogens is 2. The second-order valence-electron chi connectivity index (χ2n) is 4.82. The lowest BCUT2D eigenvalue weighted by Gasteiger charge is -2.30. The highest BCUT2D eigenvalue weighted by Crippen LogP contribution is 2.24. The number of nitrogens with one attached hydrogen (secondary N) is 1. The highest BCUT2D eigenvalue weighted by atomic mass is 16.3. The van der Waals surface area contributed by atoms with Gasteiger partial charge >= 0.3 is 5.69 Å². The van der Waals surface area contributed by atoms with Crippen LogP contribution in [0.3, 0.4) is 0 Å². The van der Waals surface area contributed by atoms with E-state index in [1.165, 1.54) is 4.57 Å². The van der Waals surface area contributed by atoms with Gasteiger partial charge in [-0.15, -0.1) is 0 Å². The molecule has 1 aliphatic rings. The topological polar surface area (TPSA) is 78.3 Å². The Morgan fingerprint density at radius 1 is 1.33 bits per heavy atom. The fraction of sp³-hybridized carbons (Fsp3) is 0.667. The third-order valence-electron chi connectivity index (χ3n) is 3.62. The van der Waals surface area contributed by atoms with Gasteiger partial charge in [0.1, 0.15) is 0 Å². The van der Waals surface area contributed by atoms with Gasteiger partial charge in [-0.2, -0.15) is 0 Å². The fourth-order valence-corrected chi connectivity index (χ4v) is 2.49. The zero-order chi connectivity index (χ0) is 13.3. The zero-order valence-corrected chi connectivity index (χ0v) is 10.8. The summed E-state index contributed by atoms with van der Waals surface area (Å²) in [6.07, 6.45) is 2.02. The van der Waals surface area contributed by atoms with Crippen LogP contribution in [0.25, 0.3) is 0 Å². The van der Waals surface area contributed by atoms with E-state index < -0.39 is 11.2 Å². The minimum Gasteiger partial charge on any atom is -0.494 e. The molecule has 1 aromatic heterocycles. The third kappa shape index (κ3) is 2.20. The fourth-order valence-electron chi connectivity index (χ4n) is 2.49. The van der Waals surface area contributed by atoms with Gasteiger partial charge in [0, 0.05) is 6.04 Å². The molecule has 0 radical (unpaired) electrons. The molecule has 0 atom stereocenters. The van der Waals surface area contributed by atoms with E-state index >= 15 is 0 Å². The average Bonchev–Trinajstić information content (AvgIpc) is 2.31. The highest BCUT2D eigenvalue weighted by molar-refractivity contribution is 5.23. The van der Waals surface area contributed by atoms with E-state index in [0.29, 0.717) is 6.42 Å². The van der Waals surface area contributed by atoms with Crippen LogP contribution >= 0.6 is 0 Å². The van der Waals surface area contributed by atoms with Crippen molar-refractivity contribution in [2.24, 2.45) is 0 Å². The van der Waals surface area contributed by atoms with Crippen LogP contribution in [-0.4, -0.2) is 39.7 Å². The molecule has 100 valence electrons. The molecule has 1 aliphatic heterocycles. The summed E-state index contributed by atoms with van der Waals surface area (Å²) in [5.74, 6) is -0.166. The van der Waals surface area contributed by atoms with Crippen LogP contribution in [0.1, 0.15) is 31.4 Å². The Morgan fingerprint density at radius 2 is 1.94 bits per heavy atom. The Hall–Kier alpha value is -1.56. The normalized spacial score (nSPS) is 18.1. The number of likely N-dealkylation sites (tertiary alicyclic amines) is 1. The van der Waals surface area contributed by atoms with Crippen molar-refractivity contribution < 1.29 is 5.11 Å². The highest BCUT2D eigenvalue weighted by Gasteiger charge is 2.23. The van der Waals surface area contributed by atoms with Crippen LogP contribution in [0, 0.1) is 0 Å². The molecule has 6 nitrogen and oxygen atoms in total. The first-order valence-electron chi connectivity index (χ1n) is 6.29. The summed E-state index contributed by atoms with van der Waals surface area (Å²) >= 11 is 0. The van der Waals surface area contributed by atoms with Crippen molar-refractivity contribution in [3.05, 3.63) is 26.4 Å². The molecule has 6 heteroatoms. The summed E-state index contributed by atoms with van der Waals surface area (Å²) in [6.45, 7) is 3.56. The van der Waals surface area contributed by atoms with Crippen LogP contribution in [0.15, 0.2) is 9.59 Å². The molecule has 0 aliphatic carbocycles. The summed E-state index contributed by atoms with van der Waals surface area (Å²) in [7, 11) is 2.03. The Morgan fingerprint density at radius 3 is 2.50 bits per heavy atom. The standard InChI is InChI=1S/C12H19N3O3/c1-3-9-10(16)13-12(18)15(11(9)17)8-4-6-14(2)7-5-8/h8,17H,3-7H2,1-2H3,(H,13,16,18). The van der Waals surface area contributed by atoms with Gasteiger partial charge in [-0.1, -0.05) is 6.92 Å². The molecule has 2 heterocycles. The molecule has 0 saturated carbocycles.